The Balaban J connectivity index is 2.09. The molecule has 1 aliphatic rings. The molecule has 0 spiro atoms. The van der Waals surface area contributed by atoms with Crippen LogP contribution in [0.3, 0.4) is 0 Å². The number of carbonyl (C=O) groups is 1. The third-order valence-electron chi connectivity index (χ3n) is 2.79. The van der Waals surface area contributed by atoms with Gasteiger partial charge in [-0.2, -0.15) is 0 Å². The molecule has 0 unspecified atom stereocenters. The molecule has 6 nitrogen and oxygen atoms in total. The molecule has 1 aliphatic carbocycles. The van der Waals surface area contributed by atoms with E-state index in [2.05, 4.69) is 15.1 Å². The fraction of sp³-hybridized carbons (Fsp3) is 0.545. The number of primary amides is 1. The molecule has 1 amide bonds. The highest BCUT2D eigenvalue weighted by Gasteiger charge is 2.29. The first kappa shape index (κ1) is 11.8. The monoisotopic (exact) mass is 235 g/mol. The summed E-state index contributed by atoms with van der Waals surface area (Å²) in [6, 6.07) is 3.96. The highest BCUT2D eigenvalue weighted by Crippen LogP contribution is 2.30. The van der Waals surface area contributed by atoms with Crippen LogP contribution in [0, 0.1) is 0 Å². The lowest BCUT2D eigenvalue weighted by atomic mass is 10.3. The van der Waals surface area contributed by atoms with E-state index in [1.54, 1.807) is 12.1 Å². The van der Waals surface area contributed by atoms with Gasteiger partial charge in [-0.25, -0.2) is 0 Å². The van der Waals surface area contributed by atoms with Crippen LogP contribution in [0.15, 0.2) is 12.1 Å². The van der Waals surface area contributed by atoms with Gasteiger partial charge in [-0.05, 0) is 37.9 Å². The number of hydrogen-bond donors (Lipinski definition) is 2. The maximum Gasteiger partial charge on any atom is 0.269 e. The van der Waals surface area contributed by atoms with Crippen molar-refractivity contribution in [1.82, 2.24) is 10.2 Å². The fourth-order valence-electron chi connectivity index (χ4n) is 1.74. The van der Waals surface area contributed by atoms with Gasteiger partial charge >= 0.3 is 0 Å². The summed E-state index contributed by atoms with van der Waals surface area (Å²) in [5.41, 5.74) is 10.8. The minimum Gasteiger partial charge on any atom is -0.364 e. The van der Waals surface area contributed by atoms with Gasteiger partial charge in [0.1, 0.15) is 0 Å². The normalized spacial score (nSPS) is 14.6. The second-order valence-electron chi connectivity index (χ2n) is 4.21. The van der Waals surface area contributed by atoms with Gasteiger partial charge in [0.2, 0.25) is 0 Å². The van der Waals surface area contributed by atoms with E-state index in [4.69, 9.17) is 11.5 Å². The van der Waals surface area contributed by atoms with Crippen LogP contribution in [0.4, 0.5) is 5.82 Å². The third-order valence-corrected chi connectivity index (χ3v) is 2.79. The lowest BCUT2D eigenvalue weighted by molar-refractivity contribution is 0.0994. The van der Waals surface area contributed by atoms with Crippen molar-refractivity contribution in [1.29, 1.82) is 0 Å². The Morgan fingerprint density at radius 1 is 1.41 bits per heavy atom. The third kappa shape index (κ3) is 2.91. The minimum absolute atomic E-state index is 0.198. The number of aromatic nitrogens is 2. The van der Waals surface area contributed by atoms with Gasteiger partial charge in [0.25, 0.3) is 5.91 Å². The highest BCUT2D eigenvalue weighted by atomic mass is 16.1. The van der Waals surface area contributed by atoms with Crippen LogP contribution >= 0.6 is 0 Å². The van der Waals surface area contributed by atoms with Crippen LogP contribution in [-0.4, -0.2) is 35.2 Å². The first-order chi connectivity index (χ1) is 8.22. The van der Waals surface area contributed by atoms with Gasteiger partial charge in [-0.15, -0.1) is 10.2 Å². The molecule has 92 valence electrons. The van der Waals surface area contributed by atoms with E-state index in [-0.39, 0.29) is 5.69 Å². The quantitative estimate of drug-likeness (QED) is 0.717. The van der Waals surface area contributed by atoms with Crippen molar-refractivity contribution in [2.75, 3.05) is 18.0 Å². The molecular formula is C11H17N5O. The van der Waals surface area contributed by atoms with Crippen molar-refractivity contribution < 1.29 is 4.79 Å². The van der Waals surface area contributed by atoms with E-state index in [1.807, 2.05) is 0 Å². The van der Waals surface area contributed by atoms with Crippen LogP contribution in [-0.2, 0) is 0 Å². The maximum absolute atomic E-state index is 10.9. The van der Waals surface area contributed by atoms with Crippen molar-refractivity contribution in [2.45, 2.75) is 25.3 Å². The number of nitrogens with zero attached hydrogens (tertiary/aromatic N) is 3. The molecule has 2 rings (SSSR count). The number of rotatable bonds is 6. The Labute approximate surface area is 100.0 Å². The van der Waals surface area contributed by atoms with Crippen molar-refractivity contribution in [2.24, 2.45) is 11.5 Å². The summed E-state index contributed by atoms with van der Waals surface area (Å²) in [4.78, 5) is 13.1. The molecule has 1 saturated carbocycles. The smallest absolute Gasteiger partial charge is 0.269 e. The summed E-state index contributed by atoms with van der Waals surface area (Å²) < 4.78 is 0. The van der Waals surface area contributed by atoms with Gasteiger partial charge in [0.05, 0.1) is 0 Å². The molecule has 1 aromatic heterocycles. The second-order valence-corrected chi connectivity index (χ2v) is 4.21. The first-order valence-corrected chi connectivity index (χ1v) is 5.82. The predicted molar refractivity (Wildman–Crippen MR) is 64.6 cm³/mol. The van der Waals surface area contributed by atoms with Crippen LogP contribution in [0.5, 0.6) is 0 Å². The molecule has 6 heteroatoms. The Morgan fingerprint density at radius 3 is 2.65 bits per heavy atom. The average Bonchev–Trinajstić information content (AvgIpc) is 3.14. The molecule has 0 atom stereocenters. The van der Waals surface area contributed by atoms with Crippen molar-refractivity contribution in [3.8, 4) is 0 Å². The zero-order valence-corrected chi connectivity index (χ0v) is 9.67. The number of anilines is 1. The summed E-state index contributed by atoms with van der Waals surface area (Å²) in [7, 11) is 0. The Bertz CT molecular complexity index is 387. The van der Waals surface area contributed by atoms with Crippen LogP contribution in [0.25, 0.3) is 0 Å². The molecule has 0 aromatic carbocycles. The second kappa shape index (κ2) is 5.09. The Morgan fingerprint density at radius 2 is 2.18 bits per heavy atom. The summed E-state index contributed by atoms with van der Waals surface area (Å²) in [5.74, 6) is 0.245. The molecule has 0 aliphatic heterocycles. The van der Waals surface area contributed by atoms with Gasteiger partial charge in [0.15, 0.2) is 11.5 Å². The van der Waals surface area contributed by atoms with Crippen molar-refractivity contribution >= 4 is 11.7 Å². The largest absolute Gasteiger partial charge is 0.364 e. The van der Waals surface area contributed by atoms with Crippen molar-refractivity contribution in [3.63, 3.8) is 0 Å². The summed E-state index contributed by atoms with van der Waals surface area (Å²) >= 11 is 0. The number of hydrogen-bond acceptors (Lipinski definition) is 5. The van der Waals surface area contributed by atoms with Gasteiger partial charge in [0, 0.05) is 12.6 Å². The molecule has 17 heavy (non-hydrogen) atoms. The van der Waals surface area contributed by atoms with Crippen LogP contribution in [0.1, 0.15) is 29.8 Å². The molecule has 1 fully saturated rings. The standard InChI is InChI=1S/C11H17N5O/c12-6-1-7-16(8-2-3-8)10-5-4-9(11(13)17)14-15-10/h4-5,8H,1-3,6-7,12H2,(H2,13,17). The van der Waals surface area contributed by atoms with Gasteiger partial charge < -0.3 is 16.4 Å². The minimum atomic E-state index is -0.552. The molecule has 0 radical (unpaired) electrons. The SMILES string of the molecule is NCCCN(c1ccc(C(N)=O)nn1)C1CC1. The van der Waals surface area contributed by atoms with Crippen LogP contribution < -0.4 is 16.4 Å². The first-order valence-electron chi connectivity index (χ1n) is 5.82. The zero-order chi connectivity index (χ0) is 12.3. The number of amides is 1. The van der Waals surface area contributed by atoms with E-state index < -0.39 is 5.91 Å². The van der Waals surface area contributed by atoms with Crippen LogP contribution in [0.2, 0.25) is 0 Å². The molecule has 4 N–H and O–H groups in total. The molecule has 1 heterocycles. The fourth-order valence-corrected chi connectivity index (χ4v) is 1.74. The van der Waals surface area contributed by atoms with E-state index in [1.165, 1.54) is 12.8 Å². The zero-order valence-electron chi connectivity index (χ0n) is 9.67. The molecular weight excluding hydrogens is 218 g/mol. The van der Waals surface area contributed by atoms with Gasteiger partial charge in [-0.1, -0.05) is 0 Å². The summed E-state index contributed by atoms with van der Waals surface area (Å²) in [6.45, 7) is 1.54. The maximum atomic E-state index is 10.9. The molecule has 0 saturated heterocycles. The highest BCUT2D eigenvalue weighted by molar-refractivity contribution is 5.90. The summed E-state index contributed by atoms with van der Waals surface area (Å²) in [6.07, 6.45) is 3.30. The average molecular weight is 235 g/mol. The summed E-state index contributed by atoms with van der Waals surface area (Å²) in [5, 5.41) is 7.87. The molecule has 0 bridgehead atoms. The van der Waals surface area contributed by atoms with E-state index >= 15 is 0 Å². The van der Waals surface area contributed by atoms with E-state index in [9.17, 15) is 4.79 Å². The van der Waals surface area contributed by atoms with E-state index in [0.717, 1.165) is 18.8 Å². The Kier molecular flexibility index (Phi) is 3.53. The number of nitrogens with two attached hydrogens (primary N) is 2. The lowest BCUT2D eigenvalue weighted by Gasteiger charge is -2.22. The van der Waals surface area contributed by atoms with E-state index in [0.29, 0.717) is 12.6 Å². The lowest BCUT2D eigenvalue weighted by Crippen LogP contribution is -2.29. The van der Waals surface area contributed by atoms with Crippen molar-refractivity contribution in [3.05, 3.63) is 17.8 Å². The van der Waals surface area contributed by atoms with Gasteiger partial charge in [-0.3, -0.25) is 4.79 Å². The number of carbonyl (C=O) groups excluding carboxylic acids is 1. The molecule has 1 aromatic rings. The topological polar surface area (TPSA) is 98.1 Å². The predicted octanol–water partition coefficient (Wildman–Crippen LogP) is -0.107. The Hall–Kier alpha value is -1.69.